The summed E-state index contributed by atoms with van der Waals surface area (Å²) < 4.78 is 1.57. The van der Waals surface area contributed by atoms with Crippen LogP contribution in [0, 0.1) is 13.8 Å². The van der Waals surface area contributed by atoms with Gasteiger partial charge in [0.1, 0.15) is 0 Å². The monoisotopic (exact) mass is 1600 g/mol. The SMILES string of the molecule is CCCCCCCCCCCCCC=CC1=C(c2cc(C)cc(C)c2)[N+](=[N-])C(c2cc(CCCC)cc(CCCC)c2)=C1CCCCC.CCCCCCCCCCCCCCCCCCCCCCCCCCCCC[CH2][Pd][CH2]CCCCCCCCCCCCCCCCCCCCCCCCCCCCC. The quantitative estimate of drug-likeness (QED) is 0.0358. The van der Waals surface area contributed by atoms with E-state index in [0.29, 0.717) is 0 Å². The van der Waals surface area contributed by atoms with Crippen LogP contribution in [0.15, 0.2) is 59.7 Å². The van der Waals surface area contributed by atoms with E-state index in [9.17, 15) is 5.53 Å². The summed E-state index contributed by atoms with van der Waals surface area (Å²) in [6.07, 6.45) is 116. The molecule has 0 saturated carbocycles. The number of unbranched alkanes of at least 4 members (excludes halogenated alkanes) is 69. The average Bonchev–Trinajstić information content (AvgIpc) is 1.61. The van der Waals surface area contributed by atoms with E-state index in [2.05, 4.69) is 104 Å². The average molecular weight is 1600 g/mol. The zero-order valence-corrected chi connectivity index (χ0v) is 77.0. The van der Waals surface area contributed by atoms with Crippen LogP contribution in [0.4, 0.5) is 0 Å². The van der Waals surface area contributed by atoms with Crippen molar-refractivity contribution in [1.29, 1.82) is 0 Å². The van der Waals surface area contributed by atoms with E-state index in [4.69, 9.17) is 0 Å². The van der Waals surface area contributed by atoms with Gasteiger partial charge in [0.25, 0.3) is 0 Å². The van der Waals surface area contributed by atoms with E-state index in [1.165, 1.54) is 508 Å². The molecule has 0 bridgehead atoms. The predicted octanol–water partition coefficient (Wildman–Crippen LogP) is 38.8. The van der Waals surface area contributed by atoms with Gasteiger partial charge in [0.15, 0.2) is 0 Å². The van der Waals surface area contributed by atoms with E-state index in [1.807, 2.05) is 0 Å². The van der Waals surface area contributed by atoms with Crippen molar-refractivity contribution in [1.82, 2.24) is 0 Å². The van der Waals surface area contributed by atoms with Crippen molar-refractivity contribution >= 4 is 11.4 Å². The van der Waals surface area contributed by atoms with Crippen molar-refractivity contribution in [2.24, 2.45) is 0 Å². The van der Waals surface area contributed by atoms with Crippen LogP contribution < -0.4 is 0 Å². The van der Waals surface area contributed by atoms with Gasteiger partial charge in [-0.05, 0) is 101 Å². The van der Waals surface area contributed by atoms with Crippen LogP contribution in [-0.2, 0) is 30.8 Å². The summed E-state index contributed by atoms with van der Waals surface area (Å²) in [5.74, 6) is 0. The van der Waals surface area contributed by atoms with Gasteiger partial charge in [0.2, 0.25) is 11.4 Å². The summed E-state index contributed by atoms with van der Waals surface area (Å²) >= 11 is 1.05. The Morgan fingerprint density at radius 2 is 0.486 bits per heavy atom. The number of nitrogens with zero attached hydrogens (tertiary/aromatic N) is 2. The summed E-state index contributed by atoms with van der Waals surface area (Å²) in [6.45, 7) is 18.1. The summed E-state index contributed by atoms with van der Waals surface area (Å²) in [6, 6.07) is 13.9. The molecular weight excluding hydrogens is 1410 g/mol. The summed E-state index contributed by atoms with van der Waals surface area (Å²) in [4.78, 5) is 3.10. The number of allylic oxidation sites excluding steroid dienone is 4. The van der Waals surface area contributed by atoms with Crippen molar-refractivity contribution in [3.05, 3.63) is 98.6 Å². The second kappa shape index (κ2) is 81.1. The molecule has 0 amide bonds. The van der Waals surface area contributed by atoms with Gasteiger partial charge in [0.05, 0.1) is 5.57 Å². The fourth-order valence-electron chi connectivity index (χ4n) is 17.1. The first-order valence-electron chi connectivity index (χ1n) is 50.1. The minimum absolute atomic E-state index is 0.951. The Morgan fingerprint density at radius 3 is 0.761 bits per heavy atom. The van der Waals surface area contributed by atoms with Crippen LogP contribution in [0.3, 0.4) is 0 Å². The molecule has 2 aromatic carbocycles. The van der Waals surface area contributed by atoms with Gasteiger partial charge in [-0.1, -0.05) is 385 Å². The summed E-state index contributed by atoms with van der Waals surface area (Å²) in [5, 5.41) is 0. The molecule has 2 nitrogen and oxygen atoms in total. The number of hydrogen-bond acceptors (Lipinski definition) is 0. The fourth-order valence-corrected chi connectivity index (χ4v) is 19.0. The molecule has 0 spiro atoms. The van der Waals surface area contributed by atoms with Crippen molar-refractivity contribution in [2.45, 2.75) is 566 Å². The molecule has 0 atom stereocenters. The molecule has 0 unspecified atom stereocenters. The Balaban J connectivity index is 0.000000759. The van der Waals surface area contributed by atoms with Crippen molar-refractivity contribution in [3.63, 3.8) is 0 Å². The molecule has 0 saturated heterocycles. The third-order valence-corrected chi connectivity index (χ3v) is 26.4. The van der Waals surface area contributed by atoms with Gasteiger partial charge in [-0.2, -0.15) is 0 Å². The van der Waals surface area contributed by atoms with E-state index < -0.39 is 0 Å². The van der Waals surface area contributed by atoms with Crippen molar-refractivity contribution in [3.8, 4) is 0 Å². The third-order valence-electron chi connectivity index (χ3n) is 24.2. The molecule has 0 aliphatic carbocycles. The van der Waals surface area contributed by atoms with Crippen LogP contribution in [0.5, 0.6) is 0 Å². The molecule has 2 aromatic rings. The van der Waals surface area contributed by atoms with Gasteiger partial charge < -0.3 is 5.53 Å². The number of aryl methyl sites for hydroxylation is 4. The first-order valence-corrected chi connectivity index (χ1v) is 52.3. The van der Waals surface area contributed by atoms with E-state index in [-0.39, 0.29) is 0 Å². The number of hydrogen-bond donors (Lipinski definition) is 0. The number of benzene rings is 2. The third kappa shape index (κ3) is 61.9. The Labute approximate surface area is 693 Å². The van der Waals surface area contributed by atoms with E-state index >= 15 is 0 Å². The fraction of sp³-hybridized carbons (Fsp3) is 0.830. The molecule has 0 aromatic heterocycles. The first kappa shape index (κ1) is 103. The molecule has 1 aliphatic rings. The first-order chi connectivity index (χ1) is 53.8. The predicted molar refractivity (Wildman–Crippen MR) is 491 cm³/mol. The minimum Gasteiger partial charge on any atom is -0.0654 e. The van der Waals surface area contributed by atoms with Crippen LogP contribution in [0.25, 0.3) is 16.9 Å². The molecular formula is C106H192N2Pd. The second-order valence-electron chi connectivity index (χ2n) is 35.3. The van der Waals surface area contributed by atoms with E-state index in [1.54, 1.807) is 14.5 Å². The molecule has 0 fully saturated rings. The minimum atomic E-state index is 0.951. The van der Waals surface area contributed by atoms with Crippen LogP contribution in [0.1, 0.15) is 563 Å². The van der Waals surface area contributed by atoms with Crippen LogP contribution in [0.2, 0.25) is 9.79 Å². The van der Waals surface area contributed by atoms with Crippen LogP contribution >= 0.6 is 0 Å². The zero-order valence-electron chi connectivity index (χ0n) is 75.4. The van der Waals surface area contributed by atoms with Gasteiger partial charge >= 0.3 is 169 Å². The standard InChI is InChI=1S/C46H70N2.2C30H61.Pd/c1-7-11-15-16-17-18-19-20-21-22-23-24-26-30-44-43(29-25-12-8-2)46(48(47)45(44)41-32-37(5)31-38(6)33-41)42-35-39(27-13-9-3)34-40(36-42)28-14-10-4;2*1-3-5-7-9-11-13-15-17-19-21-23-25-27-29-30-28-26-24-22-20-18-16-14-12-10-8-6-4-2;/h26,30-36H,7-25,27-29H2,1-6H3;2*1,3-30H2,2H3;. The van der Waals surface area contributed by atoms with Crippen molar-refractivity contribution in [2.75, 3.05) is 0 Å². The molecule has 0 radical (unpaired) electrons. The smallest absolute Gasteiger partial charge is 0.0654 e. The van der Waals surface area contributed by atoms with Gasteiger partial charge in [-0.25, -0.2) is 4.70 Å². The summed E-state index contributed by atoms with van der Waals surface area (Å²) in [5.41, 5.74) is 24.3. The Morgan fingerprint density at radius 1 is 0.248 bits per heavy atom. The number of rotatable bonds is 83. The summed E-state index contributed by atoms with van der Waals surface area (Å²) in [7, 11) is 0. The molecule has 1 heterocycles. The normalized spacial score (nSPS) is 12.6. The van der Waals surface area contributed by atoms with E-state index in [0.717, 1.165) is 67.0 Å². The molecule has 1 aliphatic heterocycles. The Hall–Kier alpha value is -2.08. The molecule has 3 heteroatoms. The molecule has 636 valence electrons. The topological polar surface area (TPSA) is 25.3 Å². The Kier molecular flexibility index (Phi) is 76.6. The second-order valence-corrected chi connectivity index (χ2v) is 37.6. The molecule has 109 heavy (non-hydrogen) atoms. The van der Waals surface area contributed by atoms with Crippen molar-refractivity contribution < 1.29 is 22.7 Å². The maximum absolute atomic E-state index is 12.3. The van der Waals surface area contributed by atoms with Crippen LogP contribution in [-0.4, -0.2) is 4.70 Å². The molecule has 3 rings (SSSR count). The maximum atomic E-state index is 12.3. The van der Waals surface area contributed by atoms with Gasteiger partial charge in [-0.15, -0.1) is 0 Å². The van der Waals surface area contributed by atoms with Gasteiger partial charge in [-0.3, -0.25) is 0 Å². The van der Waals surface area contributed by atoms with Gasteiger partial charge in [0, 0.05) is 16.7 Å². The Bertz CT molecular complexity index is 2260. The molecule has 0 N–H and O–H groups in total. The zero-order chi connectivity index (χ0) is 78.3.